The summed E-state index contributed by atoms with van der Waals surface area (Å²) < 4.78 is 0. The lowest BCUT2D eigenvalue weighted by molar-refractivity contribution is -0.138. The topological polar surface area (TPSA) is 87.7 Å². The molecule has 0 fully saturated rings. The molecule has 0 saturated heterocycles. The van der Waals surface area contributed by atoms with Gasteiger partial charge in [-0.05, 0) is 6.92 Å². The lowest BCUT2D eigenvalue weighted by atomic mass is 10.3. The molecule has 0 aromatic rings. The van der Waals surface area contributed by atoms with Crippen LogP contribution in [0.2, 0.25) is 0 Å². The smallest absolute Gasteiger partial charge is 0.325 e. The number of carbonyl (C=O) groups is 1. The van der Waals surface area contributed by atoms with E-state index in [-0.39, 0.29) is 5.96 Å². The van der Waals surface area contributed by atoms with E-state index >= 15 is 0 Å². The zero-order valence-corrected chi connectivity index (χ0v) is 5.96. The highest BCUT2D eigenvalue weighted by Gasteiger charge is 2.09. The van der Waals surface area contributed by atoms with Crippen molar-refractivity contribution in [2.24, 2.45) is 10.7 Å². The Morgan fingerprint density at radius 2 is 2.30 bits per heavy atom. The first kappa shape index (κ1) is 8.74. The quantitative estimate of drug-likeness (QED) is 0.343. The zero-order valence-electron chi connectivity index (χ0n) is 5.96. The number of guanidine groups is 1. The Balaban J connectivity index is 3.80. The first-order valence-electron chi connectivity index (χ1n) is 2.79. The lowest BCUT2D eigenvalue weighted by Gasteiger charge is -2.07. The maximum Gasteiger partial charge on any atom is 0.325 e. The van der Waals surface area contributed by atoms with Crippen LogP contribution in [0.3, 0.4) is 0 Å². The summed E-state index contributed by atoms with van der Waals surface area (Å²) in [5.41, 5.74) is 5.19. The van der Waals surface area contributed by atoms with Gasteiger partial charge in [0, 0.05) is 7.05 Å². The fourth-order valence-corrected chi connectivity index (χ4v) is 0.348. The molecule has 10 heavy (non-hydrogen) atoms. The summed E-state index contributed by atoms with van der Waals surface area (Å²) in [5, 5.41) is 10.8. The van der Waals surface area contributed by atoms with Crippen LogP contribution in [-0.2, 0) is 4.79 Å². The van der Waals surface area contributed by atoms with Crippen LogP contribution < -0.4 is 11.1 Å². The largest absolute Gasteiger partial charge is 0.480 e. The van der Waals surface area contributed by atoms with Gasteiger partial charge in [0.2, 0.25) is 0 Å². The molecule has 0 aromatic heterocycles. The molecular weight excluding hydrogens is 134 g/mol. The fourth-order valence-electron chi connectivity index (χ4n) is 0.348. The van der Waals surface area contributed by atoms with Crippen LogP contribution in [0.4, 0.5) is 0 Å². The molecule has 0 bridgehead atoms. The van der Waals surface area contributed by atoms with E-state index in [0.29, 0.717) is 0 Å². The van der Waals surface area contributed by atoms with Gasteiger partial charge in [0.05, 0.1) is 0 Å². The molecule has 0 aliphatic heterocycles. The molecular formula is C5H11N3O2. The van der Waals surface area contributed by atoms with E-state index in [9.17, 15) is 4.79 Å². The summed E-state index contributed by atoms with van der Waals surface area (Å²) in [6, 6.07) is -0.691. The minimum absolute atomic E-state index is 0.134. The average molecular weight is 145 g/mol. The van der Waals surface area contributed by atoms with E-state index in [2.05, 4.69) is 10.3 Å². The van der Waals surface area contributed by atoms with E-state index in [1.165, 1.54) is 14.0 Å². The number of carboxylic acid groups (broad SMARTS) is 1. The van der Waals surface area contributed by atoms with Crippen LogP contribution in [0.25, 0.3) is 0 Å². The molecule has 0 rings (SSSR count). The average Bonchev–Trinajstić information content (AvgIpc) is 1.87. The summed E-state index contributed by atoms with van der Waals surface area (Å²) in [6.45, 7) is 1.49. The van der Waals surface area contributed by atoms with E-state index < -0.39 is 12.0 Å². The number of nitrogens with zero attached hydrogens (tertiary/aromatic N) is 1. The van der Waals surface area contributed by atoms with Crippen molar-refractivity contribution >= 4 is 11.9 Å². The Hall–Kier alpha value is -1.26. The maximum absolute atomic E-state index is 10.2. The van der Waals surface area contributed by atoms with E-state index in [1.54, 1.807) is 0 Å². The molecule has 0 aromatic carbocycles. The number of hydrogen-bond donors (Lipinski definition) is 3. The van der Waals surface area contributed by atoms with Gasteiger partial charge < -0.3 is 16.2 Å². The number of hydrogen-bond acceptors (Lipinski definition) is 2. The number of aliphatic carboxylic acids is 1. The molecule has 0 radical (unpaired) electrons. The molecule has 5 heteroatoms. The van der Waals surface area contributed by atoms with Gasteiger partial charge in [-0.3, -0.25) is 9.79 Å². The summed E-state index contributed by atoms with van der Waals surface area (Å²) in [6.07, 6.45) is 0. The molecule has 0 saturated carbocycles. The van der Waals surface area contributed by atoms with Gasteiger partial charge in [0.25, 0.3) is 0 Å². The Kier molecular flexibility index (Phi) is 3.24. The van der Waals surface area contributed by atoms with Crippen molar-refractivity contribution in [2.75, 3.05) is 7.05 Å². The molecule has 0 spiro atoms. The van der Waals surface area contributed by atoms with E-state index in [4.69, 9.17) is 10.8 Å². The molecule has 5 nitrogen and oxygen atoms in total. The van der Waals surface area contributed by atoms with E-state index in [1.807, 2.05) is 0 Å². The summed E-state index contributed by atoms with van der Waals surface area (Å²) >= 11 is 0. The molecule has 0 unspecified atom stereocenters. The van der Waals surface area contributed by atoms with Crippen LogP contribution in [0.15, 0.2) is 4.99 Å². The first-order valence-corrected chi connectivity index (χ1v) is 2.79. The number of carboxylic acids is 1. The van der Waals surface area contributed by atoms with Crippen LogP contribution in [0.1, 0.15) is 6.92 Å². The minimum Gasteiger partial charge on any atom is -0.480 e. The summed E-state index contributed by atoms with van der Waals surface area (Å²) in [7, 11) is 1.48. The van der Waals surface area contributed by atoms with Gasteiger partial charge in [0.15, 0.2) is 5.96 Å². The molecule has 0 heterocycles. The lowest BCUT2D eigenvalue weighted by Crippen LogP contribution is -2.42. The van der Waals surface area contributed by atoms with Crippen molar-refractivity contribution in [3.8, 4) is 0 Å². The number of rotatable bonds is 2. The zero-order chi connectivity index (χ0) is 8.15. The molecule has 0 aliphatic carbocycles. The Labute approximate surface area is 58.9 Å². The van der Waals surface area contributed by atoms with Crippen molar-refractivity contribution in [1.82, 2.24) is 5.32 Å². The second-order valence-corrected chi connectivity index (χ2v) is 1.81. The van der Waals surface area contributed by atoms with Crippen molar-refractivity contribution < 1.29 is 9.90 Å². The number of aliphatic imine (C=N–C) groups is 1. The summed E-state index contributed by atoms with van der Waals surface area (Å²) in [5.74, 6) is -0.818. The summed E-state index contributed by atoms with van der Waals surface area (Å²) in [4.78, 5) is 13.7. The third-order valence-electron chi connectivity index (χ3n) is 0.976. The highest BCUT2D eigenvalue weighted by molar-refractivity contribution is 5.84. The Bertz CT molecular complexity index is 155. The second kappa shape index (κ2) is 3.71. The van der Waals surface area contributed by atoms with Crippen LogP contribution in [-0.4, -0.2) is 30.1 Å². The Morgan fingerprint density at radius 1 is 1.80 bits per heavy atom. The predicted molar refractivity (Wildman–Crippen MR) is 37.8 cm³/mol. The van der Waals surface area contributed by atoms with Crippen LogP contribution in [0, 0.1) is 0 Å². The minimum atomic E-state index is -0.952. The highest BCUT2D eigenvalue weighted by Crippen LogP contribution is 1.78. The van der Waals surface area contributed by atoms with Crippen molar-refractivity contribution in [2.45, 2.75) is 13.0 Å². The predicted octanol–water partition coefficient (Wildman–Crippen LogP) is -1.01. The molecule has 0 aliphatic rings. The molecule has 58 valence electrons. The molecule has 1 atom stereocenters. The van der Waals surface area contributed by atoms with Gasteiger partial charge in [0.1, 0.15) is 6.04 Å². The van der Waals surface area contributed by atoms with Gasteiger partial charge in [-0.2, -0.15) is 0 Å². The van der Waals surface area contributed by atoms with Gasteiger partial charge in [-0.1, -0.05) is 0 Å². The second-order valence-electron chi connectivity index (χ2n) is 1.81. The first-order chi connectivity index (χ1) is 4.57. The van der Waals surface area contributed by atoms with Crippen molar-refractivity contribution in [1.29, 1.82) is 0 Å². The van der Waals surface area contributed by atoms with Crippen LogP contribution >= 0.6 is 0 Å². The van der Waals surface area contributed by atoms with Crippen molar-refractivity contribution in [3.63, 3.8) is 0 Å². The molecule has 4 N–H and O–H groups in total. The SMILES string of the molecule is CN=C(N)N[C@@H](C)C(=O)O. The standard InChI is InChI=1S/C5H11N3O2/c1-3(4(9)10)8-5(6)7-2/h3H,1-2H3,(H,9,10)(H3,6,7,8)/t3-/m0/s1. The molecule has 0 amide bonds. The third-order valence-corrected chi connectivity index (χ3v) is 0.976. The third kappa shape index (κ3) is 2.91. The van der Waals surface area contributed by atoms with Crippen molar-refractivity contribution in [3.05, 3.63) is 0 Å². The highest BCUT2D eigenvalue weighted by atomic mass is 16.4. The maximum atomic E-state index is 10.2. The van der Waals surface area contributed by atoms with Gasteiger partial charge in [-0.15, -0.1) is 0 Å². The number of nitrogens with one attached hydrogen (secondary N) is 1. The number of nitrogens with two attached hydrogens (primary N) is 1. The Morgan fingerprint density at radius 3 is 2.60 bits per heavy atom. The van der Waals surface area contributed by atoms with E-state index in [0.717, 1.165) is 0 Å². The fraction of sp³-hybridized carbons (Fsp3) is 0.600. The van der Waals surface area contributed by atoms with Gasteiger partial charge in [-0.25, -0.2) is 0 Å². The monoisotopic (exact) mass is 145 g/mol. The normalized spacial score (nSPS) is 14.4. The van der Waals surface area contributed by atoms with Crippen LogP contribution in [0.5, 0.6) is 0 Å². The van der Waals surface area contributed by atoms with Gasteiger partial charge >= 0.3 is 5.97 Å².